The van der Waals surface area contributed by atoms with Crippen LogP contribution in [0.2, 0.25) is 0 Å². The van der Waals surface area contributed by atoms with Gasteiger partial charge in [-0.15, -0.1) is 11.3 Å². The summed E-state index contributed by atoms with van der Waals surface area (Å²) in [6.45, 7) is 5.68. The Morgan fingerprint density at radius 2 is 1.92 bits per heavy atom. The molecule has 3 heterocycles. The van der Waals surface area contributed by atoms with Crippen LogP contribution < -0.4 is 9.47 Å². The Balaban J connectivity index is 1.33. The zero-order chi connectivity index (χ0) is 17.8. The number of carbonyl (C=O) groups is 1. The molecule has 0 unspecified atom stereocenters. The summed E-state index contributed by atoms with van der Waals surface area (Å²) >= 11 is 1.65. The van der Waals surface area contributed by atoms with Gasteiger partial charge in [-0.3, -0.25) is 9.69 Å². The molecule has 0 aliphatic carbocycles. The molecule has 0 saturated carbocycles. The Morgan fingerprint density at radius 1 is 1.04 bits per heavy atom. The van der Waals surface area contributed by atoms with E-state index in [9.17, 15) is 4.79 Å². The normalized spacial score (nSPS) is 17.8. The first-order chi connectivity index (χ1) is 12.8. The summed E-state index contributed by atoms with van der Waals surface area (Å²) in [5.74, 6) is 1.92. The van der Waals surface area contributed by atoms with Gasteiger partial charge in [0.1, 0.15) is 13.2 Å². The molecule has 1 aromatic heterocycles. The molecule has 2 aliphatic heterocycles. The fourth-order valence-electron chi connectivity index (χ4n) is 3.50. The molecule has 1 saturated heterocycles. The van der Waals surface area contributed by atoms with Crippen molar-refractivity contribution in [2.45, 2.75) is 19.4 Å². The number of hydrogen-bond donors (Lipinski definition) is 0. The monoisotopic (exact) mass is 372 g/mol. The first kappa shape index (κ1) is 17.4. The fourth-order valence-corrected chi connectivity index (χ4v) is 4.19. The highest BCUT2D eigenvalue weighted by Crippen LogP contribution is 2.31. The number of nitrogens with zero attached hydrogens (tertiary/aromatic N) is 2. The lowest BCUT2D eigenvalue weighted by Crippen LogP contribution is -2.35. The topological polar surface area (TPSA) is 42.0 Å². The molecule has 0 spiro atoms. The van der Waals surface area contributed by atoms with E-state index >= 15 is 0 Å². The number of benzene rings is 1. The van der Waals surface area contributed by atoms with E-state index in [2.05, 4.69) is 17.0 Å². The van der Waals surface area contributed by atoms with E-state index in [1.54, 1.807) is 11.3 Å². The Bertz CT molecular complexity index is 748. The average molecular weight is 372 g/mol. The summed E-state index contributed by atoms with van der Waals surface area (Å²) in [5, 5.41) is 2.03. The second kappa shape index (κ2) is 8.10. The van der Waals surface area contributed by atoms with Crippen LogP contribution in [0, 0.1) is 0 Å². The maximum absolute atomic E-state index is 12.5. The smallest absolute Gasteiger partial charge is 0.227 e. The van der Waals surface area contributed by atoms with Gasteiger partial charge in [0.2, 0.25) is 5.91 Å². The number of hydrogen-bond acceptors (Lipinski definition) is 5. The summed E-state index contributed by atoms with van der Waals surface area (Å²) in [6, 6.07) is 10.2. The third kappa shape index (κ3) is 4.19. The number of thiophene rings is 1. The van der Waals surface area contributed by atoms with Gasteiger partial charge in [-0.05, 0) is 35.6 Å². The van der Waals surface area contributed by atoms with Gasteiger partial charge >= 0.3 is 0 Å². The zero-order valence-electron chi connectivity index (χ0n) is 14.9. The van der Waals surface area contributed by atoms with E-state index in [1.807, 2.05) is 28.5 Å². The predicted molar refractivity (Wildman–Crippen MR) is 102 cm³/mol. The lowest BCUT2D eigenvalue weighted by Gasteiger charge is -2.23. The molecule has 138 valence electrons. The second-order valence-electron chi connectivity index (χ2n) is 6.74. The minimum atomic E-state index is 0.244. The highest BCUT2D eigenvalue weighted by atomic mass is 32.1. The summed E-state index contributed by atoms with van der Waals surface area (Å²) in [4.78, 5) is 18.1. The van der Waals surface area contributed by atoms with Gasteiger partial charge < -0.3 is 14.4 Å². The maximum Gasteiger partial charge on any atom is 0.227 e. The van der Waals surface area contributed by atoms with Crippen molar-refractivity contribution in [3.8, 4) is 11.5 Å². The van der Waals surface area contributed by atoms with E-state index in [0.717, 1.165) is 55.5 Å². The predicted octanol–water partition coefficient (Wildman–Crippen LogP) is 2.80. The summed E-state index contributed by atoms with van der Waals surface area (Å²) in [5.41, 5.74) is 1.23. The van der Waals surface area contributed by atoms with Gasteiger partial charge in [-0.2, -0.15) is 0 Å². The van der Waals surface area contributed by atoms with Crippen LogP contribution in [-0.4, -0.2) is 55.1 Å². The average Bonchev–Trinajstić information content (AvgIpc) is 3.06. The first-order valence-corrected chi connectivity index (χ1v) is 10.1. The van der Waals surface area contributed by atoms with Crippen LogP contribution in [0.25, 0.3) is 0 Å². The van der Waals surface area contributed by atoms with Crippen molar-refractivity contribution in [1.82, 2.24) is 9.80 Å². The molecule has 26 heavy (non-hydrogen) atoms. The fraction of sp³-hybridized carbons (Fsp3) is 0.450. The summed E-state index contributed by atoms with van der Waals surface area (Å²) in [7, 11) is 0. The quantitative estimate of drug-likeness (QED) is 0.828. The molecule has 1 fully saturated rings. The molecule has 4 rings (SSSR count). The van der Waals surface area contributed by atoms with E-state index in [4.69, 9.17) is 9.47 Å². The largest absolute Gasteiger partial charge is 0.486 e. The summed E-state index contributed by atoms with van der Waals surface area (Å²) in [6.07, 6.45) is 1.54. The van der Waals surface area contributed by atoms with E-state index < -0.39 is 0 Å². The third-order valence-electron chi connectivity index (χ3n) is 4.86. The molecule has 0 atom stereocenters. The molecular weight excluding hydrogens is 348 g/mol. The second-order valence-corrected chi connectivity index (χ2v) is 7.78. The molecule has 0 radical (unpaired) electrons. The van der Waals surface area contributed by atoms with Gasteiger partial charge in [0.25, 0.3) is 0 Å². The van der Waals surface area contributed by atoms with Crippen molar-refractivity contribution in [2.24, 2.45) is 0 Å². The molecule has 2 aromatic rings. The van der Waals surface area contributed by atoms with Gasteiger partial charge in [0, 0.05) is 37.6 Å². The zero-order valence-corrected chi connectivity index (χ0v) is 15.7. The Kier molecular flexibility index (Phi) is 5.41. The third-order valence-corrected chi connectivity index (χ3v) is 5.74. The van der Waals surface area contributed by atoms with Crippen molar-refractivity contribution < 1.29 is 14.3 Å². The maximum atomic E-state index is 12.5. The Morgan fingerprint density at radius 3 is 2.77 bits per heavy atom. The molecule has 0 bridgehead atoms. The highest BCUT2D eigenvalue weighted by Gasteiger charge is 2.20. The van der Waals surface area contributed by atoms with Crippen molar-refractivity contribution in [2.75, 3.05) is 39.4 Å². The molecule has 1 amide bonds. The molecule has 1 aromatic carbocycles. The number of rotatable bonds is 4. The van der Waals surface area contributed by atoms with Crippen LogP contribution in [0.1, 0.15) is 16.9 Å². The van der Waals surface area contributed by atoms with Crippen LogP contribution in [-0.2, 0) is 17.8 Å². The van der Waals surface area contributed by atoms with Crippen molar-refractivity contribution in [3.63, 3.8) is 0 Å². The van der Waals surface area contributed by atoms with Gasteiger partial charge in [0.15, 0.2) is 11.5 Å². The molecule has 2 aliphatic rings. The standard InChI is InChI=1S/C20H24N2O3S/c23-20(14-17-3-1-12-26-17)22-7-2-6-21(8-9-22)15-16-4-5-18-19(13-16)25-11-10-24-18/h1,3-5,12-13H,2,6-11,14-15H2. The summed E-state index contributed by atoms with van der Waals surface area (Å²) < 4.78 is 11.3. The van der Waals surface area contributed by atoms with Crippen molar-refractivity contribution in [1.29, 1.82) is 0 Å². The van der Waals surface area contributed by atoms with Crippen LogP contribution in [0.3, 0.4) is 0 Å². The number of fused-ring (bicyclic) bond motifs is 1. The highest BCUT2D eigenvalue weighted by molar-refractivity contribution is 7.10. The minimum absolute atomic E-state index is 0.244. The Labute approximate surface area is 158 Å². The minimum Gasteiger partial charge on any atom is -0.486 e. The van der Waals surface area contributed by atoms with Gasteiger partial charge in [0.05, 0.1) is 6.42 Å². The molecule has 0 N–H and O–H groups in total. The van der Waals surface area contributed by atoms with E-state index in [-0.39, 0.29) is 5.91 Å². The Hall–Kier alpha value is -2.05. The molecule has 6 heteroatoms. The van der Waals surface area contributed by atoms with E-state index in [1.165, 1.54) is 5.56 Å². The lowest BCUT2D eigenvalue weighted by molar-refractivity contribution is -0.130. The number of carbonyl (C=O) groups excluding carboxylic acids is 1. The van der Waals surface area contributed by atoms with Crippen LogP contribution >= 0.6 is 11.3 Å². The number of amides is 1. The van der Waals surface area contributed by atoms with Crippen molar-refractivity contribution in [3.05, 3.63) is 46.2 Å². The first-order valence-electron chi connectivity index (χ1n) is 9.19. The van der Waals surface area contributed by atoms with Gasteiger partial charge in [-0.1, -0.05) is 12.1 Å². The number of ether oxygens (including phenoxy) is 2. The van der Waals surface area contributed by atoms with Crippen LogP contribution in [0.15, 0.2) is 35.7 Å². The van der Waals surface area contributed by atoms with Gasteiger partial charge in [-0.25, -0.2) is 0 Å². The van der Waals surface area contributed by atoms with Crippen molar-refractivity contribution >= 4 is 17.2 Å². The van der Waals surface area contributed by atoms with Crippen LogP contribution in [0.5, 0.6) is 11.5 Å². The molecular formula is C20H24N2O3S. The SMILES string of the molecule is O=C(Cc1cccs1)N1CCCN(Cc2ccc3c(c2)OCCO3)CC1. The van der Waals surface area contributed by atoms with E-state index in [0.29, 0.717) is 19.6 Å². The molecule has 5 nitrogen and oxygen atoms in total. The lowest BCUT2D eigenvalue weighted by atomic mass is 10.1. The van der Waals surface area contributed by atoms with Crippen LogP contribution in [0.4, 0.5) is 0 Å².